The quantitative estimate of drug-likeness (QED) is 0.363. The lowest BCUT2D eigenvalue weighted by molar-refractivity contribution is -0.141. The number of hydrogen-bond acceptors (Lipinski definition) is 5. The molecule has 1 N–H and O–H groups in total. The number of hydrogen-bond donors (Lipinski definition) is 1. The molecule has 2 aromatic heterocycles. The molecule has 1 amide bonds. The van der Waals surface area contributed by atoms with E-state index in [4.69, 9.17) is 0 Å². The molecule has 1 saturated carbocycles. The van der Waals surface area contributed by atoms with Crippen LogP contribution in [-0.4, -0.2) is 34.3 Å². The zero-order valence-electron chi connectivity index (χ0n) is 18.2. The Morgan fingerprint density at radius 2 is 1.81 bits per heavy atom. The van der Waals surface area contributed by atoms with E-state index in [0.29, 0.717) is 6.07 Å². The summed E-state index contributed by atoms with van der Waals surface area (Å²) in [4.78, 5) is 15.8. The van der Waals surface area contributed by atoms with Crippen LogP contribution in [0.25, 0.3) is 5.69 Å². The number of alkyl halides is 5. The minimum absolute atomic E-state index is 0.00748. The number of sulfone groups is 1. The molecule has 0 unspecified atom stereocenters. The predicted molar refractivity (Wildman–Crippen MR) is 113 cm³/mol. The molecule has 7 nitrogen and oxygen atoms in total. The Balaban J connectivity index is 1.47. The van der Waals surface area contributed by atoms with Gasteiger partial charge in [0.25, 0.3) is 6.43 Å². The standard InChI is InChI=1S/C22H18F6N4O3S/c23-13-1-4-15(5-2-13)36(34,35)17-7-6-16(17)21(33)30-9-12-11-32(31-19(12)20(24)25)14-3-8-18(29-10-14)22(26,27)28/h1-5,8,10-11,16-17,20H,6-7,9H2,(H,30,33)/t16-,17+/m1/s1. The van der Waals surface area contributed by atoms with Gasteiger partial charge in [-0.05, 0) is 49.2 Å². The maximum Gasteiger partial charge on any atom is 0.433 e. The number of rotatable bonds is 7. The Kier molecular flexibility index (Phi) is 6.82. The fourth-order valence-electron chi connectivity index (χ4n) is 3.82. The SMILES string of the molecule is O=C(NCc1cn(-c2ccc(C(F)(F)F)nc2)nc1C(F)F)[C@@H]1CC[C@@H]1S(=O)(=O)c1ccc(F)cc1. The number of halogens is 6. The van der Waals surface area contributed by atoms with Crippen LogP contribution < -0.4 is 5.32 Å². The minimum Gasteiger partial charge on any atom is -0.352 e. The first-order valence-corrected chi connectivity index (χ1v) is 12.1. The van der Waals surface area contributed by atoms with Crippen LogP contribution in [0.2, 0.25) is 0 Å². The monoisotopic (exact) mass is 532 g/mol. The smallest absolute Gasteiger partial charge is 0.352 e. The second kappa shape index (κ2) is 9.56. The van der Waals surface area contributed by atoms with Crippen molar-refractivity contribution in [3.8, 4) is 5.69 Å². The molecule has 14 heteroatoms. The second-order valence-electron chi connectivity index (χ2n) is 8.12. The third kappa shape index (κ3) is 5.08. The average molecular weight is 532 g/mol. The van der Waals surface area contributed by atoms with Crippen molar-refractivity contribution in [3.63, 3.8) is 0 Å². The van der Waals surface area contributed by atoms with E-state index in [9.17, 15) is 39.6 Å². The molecule has 3 aromatic rings. The number of aromatic nitrogens is 3. The van der Waals surface area contributed by atoms with Crippen LogP contribution in [0.1, 0.15) is 36.2 Å². The van der Waals surface area contributed by atoms with E-state index >= 15 is 0 Å². The van der Waals surface area contributed by atoms with Gasteiger partial charge in [0, 0.05) is 18.3 Å². The molecular weight excluding hydrogens is 514 g/mol. The maximum atomic E-state index is 13.5. The van der Waals surface area contributed by atoms with Gasteiger partial charge in [0.15, 0.2) is 9.84 Å². The Bertz CT molecular complexity index is 1360. The van der Waals surface area contributed by atoms with Crippen LogP contribution in [0.3, 0.4) is 0 Å². The number of amides is 1. The van der Waals surface area contributed by atoms with Crippen molar-refractivity contribution in [1.29, 1.82) is 0 Å². The van der Waals surface area contributed by atoms with Crippen LogP contribution in [0.4, 0.5) is 26.3 Å². The van der Waals surface area contributed by atoms with Crippen LogP contribution in [0, 0.1) is 11.7 Å². The third-order valence-corrected chi connectivity index (χ3v) is 8.16. The molecule has 0 spiro atoms. The highest BCUT2D eigenvalue weighted by molar-refractivity contribution is 7.92. The Labute approximate surface area is 201 Å². The molecule has 0 aliphatic heterocycles. The van der Waals surface area contributed by atoms with Gasteiger partial charge < -0.3 is 5.32 Å². The van der Waals surface area contributed by atoms with Gasteiger partial charge in [-0.1, -0.05) is 0 Å². The molecule has 1 fully saturated rings. The molecule has 0 saturated heterocycles. The fourth-order valence-corrected chi connectivity index (χ4v) is 5.82. The number of carbonyl (C=O) groups is 1. The molecule has 1 aliphatic carbocycles. The van der Waals surface area contributed by atoms with Gasteiger partial charge in [0.05, 0.1) is 27.9 Å². The number of nitrogens with zero attached hydrogens (tertiary/aromatic N) is 3. The van der Waals surface area contributed by atoms with Gasteiger partial charge in [-0.25, -0.2) is 31.3 Å². The summed E-state index contributed by atoms with van der Waals surface area (Å²) in [6, 6.07) is 5.90. The van der Waals surface area contributed by atoms with Crippen molar-refractivity contribution in [2.75, 3.05) is 0 Å². The molecular formula is C22H18F6N4O3S. The third-order valence-electron chi connectivity index (χ3n) is 5.87. The first kappa shape index (κ1) is 25.7. The van der Waals surface area contributed by atoms with Crippen molar-refractivity contribution in [2.24, 2.45) is 5.92 Å². The second-order valence-corrected chi connectivity index (χ2v) is 10.3. The van der Waals surface area contributed by atoms with Gasteiger partial charge in [-0.3, -0.25) is 4.79 Å². The van der Waals surface area contributed by atoms with E-state index in [-0.39, 0.29) is 29.0 Å². The van der Waals surface area contributed by atoms with Crippen LogP contribution in [0.5, 0.6) is 0 Å². The van der Waals surface area contributed by atoms with E-state index in [2.05, 4.69) is 15.4 Å². The summed E-state index contributed by atoms with van der Waals surface area (Å²) < 4.78 is 105. The van der Waals surface area contributed by atoms with E-state index in [1.807, 2.05) is 0 Å². The average Bonchev–Trinajstić information content (AvgIpc) is 3.21. The number of carbonyl (C=O) groups excluding carboxylic acids is 1. The molecule has 2 atom stereocenters. The van der Waals surface area contributed by atoms with Crippen LogP contribution in [0.15, 0.2) is 53.7 Å². The number of benzene rings is 1. The van der Waals surface area contributed by atoms with Crippen LogP contribution in [-0.2, 0) is 27.4 Å². The molecule has 4 rings (SSSR count). The van der Waals surface area contributed by atoms with E-state index in [0.717, 1.165) is 47.4 Å². The normalized spacial score (nSPS) is 18.2. The van der Waals surface area contributed by atoms with E-state index in [1.165, 1.54) is 0 Å². The molecule has 36 heavy (non-hydrogen) atoms. The van der Waals surface area contributed by atoms with Gasteiger partial charge in [0.2, 0.25) is 5.91 Å². The topological polar surface area (TPSA) is 93.9 Å². The highest BCUT2D eigenvalue weighted by Crippen LogP contribution is 2.37. The van der Waals surface area contributed by atoms with Gasteiger partial charge in [0.1, 0.15) is 17.2 Å². The summed E-state index contributed by atoms with van der Waals surface area (Å²) in [6.45, 7) is -0.410. The minimum atomic E-state index is -4.67. The highest BCUT2D eigenvalue weighted by atomic mass is 32.2. The molecule has 0 radical (unpaired) electrons. The van der Waals surface area contributed by atoms with Crippen molar-refractivity contribution in [3.05, 3.63) is 71.6 Å². The summed E-state index contributed by atoms with van der Waals surface area (Å²) in [7, 11) is -3.91. The summed E-state index contributed by atoms with van der Waals surface area (Å²) >= 11 is 0. The summed E-state index contributed by atoms with van der Waals surface area (Å²) in [5, 5.41) is 5.09. The summed E-state index contributed by atoms with van der Waals surface area (Å²) in [5.74, 6) is -2.20. The lowest BCUT2D eigenvalue weighted by Crippen LogP contribution is -2.47. The largest absolute Gasteiger partial charge is 0.433 e. The number of nitrogens with one attached hydrogen (secondary N) is 1. The predicted octanol–water partition coefficient (Wildman–Crippen LogP) is 4.23. The lowest BCUT2D eigenvalue weighted by atomic mass is 9.84. The van der Waals surface area contributed by atoms with Crippen LogP contribution >= 0.6 is 0 Å². The van der Waals surface area contributed by atoms with E-state index in [1.54, 1.807) is 0 Å². The van der Waals surface area contributed by atoms with Crippen molar-refractivity contribution >= 4 is 15.7 Å². The Morgan fingerprint density at radius 1 is 1.11 bits per heavy atom. The first-order chi connectivity index (χ1) is 16.9. The molecule has 192 valence electrons. The maximum absolute atomic E-state index is 13.5. The zero-order valence-corrected chi connectivity index (χ0v) is 19.0. The lowest BCUT2D eigenvalue weighted by Gasteiger charge is -2.34. The Hall–Kier alpha value is -3.42. The zero-order chi connectivity index (χ0) is 26.3. The Morgan fingerprint density at radius 3 is 2.33 bits per heavy atom. The molecule has 1 aromatic carbocycles. The van der Waals surface area contributed by atoms with Crippen molar-refractivity contribution < 1.29 is 39.6 Å². The van der Waals surface area contributed by atoms with Gasteiger partial charge in [-0.2, -0.15) is 18.3 Å². The number of pyridine rings is 1. The van der Waals surface area contributed by atoms with E-state index < -0.39 is 63.3 Å². The van der Waals surface area contributed by atoms with Crippen molar-refractivity contribution in [1.82, 2.24) is 20.1 Å². The van der Waals surface area contributed by atoms with Gasteiger partial charge >= 0.3 is 6.18 Å². The van der Waals surface area contributed by atoms with Crippen molar-refractivity contribution in [2.45, 2.75) is 42.1 Å². The fraction of sp³-hybridized carbons (Fsp3) is 0.318. The summed E-state index contributed by atoms with van der Waals surface area (Å²) in [5.41, 5.74) is -1.97. The first-order valence-electron chi connectivity index (χ1n) is 10.6. The summed E-state index contributed by atoms with van der Waals surface area (Å²) in [6.07, 6.45) is -5.30. The molecule has 0 bridgehead atoms. The molecule has 1 aliphatic rings. The molecule has 2 heterocycles. The highest BCUT2D eigenvalue weighted by Gasteiger charge is 2.45. The van der Waals surface area contributed by atoms with Gasteiger partial charge in [-0.15, -0.1) is 0 Å².